The van der Waals surface area contributed by atoms with E-state index in [0.717, 1.165) is 33.2 Å². The fourth-order valence-corrected chi connectivity index (χ4v) is 3.13. The van der Waals surface area contributed by atoms with Crippen LogP contribution in [0.2, 0.25) is 0 Å². The summed E-state index contributed by atoms with van der Waals surface area (Å²) in [5.41, 5.74) is 4.53. The predicted molar refractivity (Wildman–Crippen MR) is 94.3 cm³/mol. The van der Waals surface area contributed by atoms with E-state index in [-0.39, 0.29) is 0 Å². The molecule has 3 aromatic heterocycles. The first-order valence-electron chi connectivity index (χ1n) is 7.77. The first-order chi connectivity index (χ1) is 11.5. The molecule has 2 unspecified atom stereocenters. The van der Waals surface area contributed by atoms with E-state index in [0.29, 0.717) is 5.56 Å². The summed E-state index contributed by atoms with van der Waals surface area (Å²) < 4.78 is 2.04. The number of pyridine rings is 1. The second-order valence-electron chi connectivity index (χ2n) is 6.07. The molecule has 4 rings (SSSR count). The van der Waals surface area contributed by atoms with Gasteiger partial charge in [0.2, 0.25) is 0 Å². The van der Waals surface area contributed by atoms with E-state index in [1.165, 1.54) is 0 Å². The number of fused-ring (bicyclic) bond motifs is 2. The van der Waals surface area contributed by atoms with Crippen LogP contribution in [0.3, 0.4) is 0 Å². The maximum atomic E-state index is 10.1. The fourth-order valence-electron chi connectivity index (χ4n) is 3.13. The van der Waals surface area contributed by atoms with E-state index in [1.54, 1.807) is 6.20 Å². The minimum absolute atomic E-state index is 0.645. The van der Waals surface area contributed by atoms with Gasteiger partial charge < -0.3 is 19.8 Å². The minimum Gasteiger partial charge on any atom is -0.390 e. The third-order valence-electron chi connectivity index (χ3n) is 4.40. The number of H-pyrrole nitrogens is 1. The molecule has 24 heavy (non-hydrogen) atoms. The van der Waals surface area contributed by atoms with Crippen LogP contribution in [0.15, 0.2) is 48.8 Å². The van der Waals surface area contributed by atoms with Gasteiger partial charge in [0, 0.05) is 47.0 Å². The molecular formula is C19H18N3O2. The van der Waals surface area contributed by atoms with Crippen LogP contribution in [0.25, 0.3) is 33.2 Å². The summed E-state index contributed by atoms with van der Waals surface area (Å²) in [5.74, 6) is 0. The highest BCUT2D eigenvalue weighted by atomic mass is 16.3. The van der Waals surface area contributed by atoms with E-state index in [1.807, 2.05) is 48.1 Å². The molecule has 0 aliphatic carbocycles. The SMILES string of the molecule is [CH2]C(O)C(O)c1ccc2c(c1)c(-c1cc3cccnc3[nH]1)cn2C. The van der Waals surface area contributed by atoms with Crippen LogP contribution in [-0.2, 0) is 7.05 Å². The van der Waals surface area contributed by atoms with Gasteiger partial charge in [-0.3, -0.25) is 0 Å². The molecule has 1 aromatic carbocycles. The molecule has 3 heterocycles. The maximum Gasteiger partial charge on any atom is 0.137 e. The number of aliphatic hydroxyl groups is 2. The number of nitrogens with zero attached hydrogens (tertiary/aromatic N) is 2. The second-order valence-corrected chi connectivity index (χ2v) is 6.07. The number of hydrogen-bond donors (Lipinski definition) is 3. The summed E-state index contributed by atoms with van der Waals surface area (Å²) in [6.07, 6.45) is 1.74. The topological polar surface area (TPSA) is 74.1 Å². The third kappa shape index (κ3) is 2.29. The first kappa shape index (κ1) is 14.9. The van der Waals surface area contributed by atoms with E-state index >= 15 is 0 Å². The lowest BCUT2D eigenvalue weighted by atomic mass is 10.0. The molecule has 2 atom stereocenters. The Morgan fingerprint density at radius 2 is 2.04 bits per heavy atom. The second kappa shape index (κ2) is 5.47. The molecule has 0 aliphatic rings. The Morgan fingerprint density at radius 3 is 2.79 bits per heavy atom. The van der Waals surface area contributed by atoms with Crippen molar-refractivity contribution in [3.63, 3.8) is 0 Å². The Bertz CT molecular complexity index is 997. The summed E-state index contributed by atoms with van der Waals surface area (Å²) in [4.78, 5) is 7.68. The van der Waals surface area contributed by atoms with Crippen LogP contribution in [0, 0.1) is 6.92 Å². The van der Waals surface area contributed by atoms with Crippen molar-refractivity contribution < 1.29 is 10.2 Å². The number of aromatic nitrogens is 3. The van der Waals surface area contributed by atoms with Gasteiger partial charge in [-0.05, 0) is 42.8 Å². The summed E-state index contributed by atoms with van der Waals surface area (Å²) in [6.45, 7) is 3.50. The van der Waals surface area contributed by atoms with E-state index < -0.39 is 12.2 Å². The van der Waals surface area contributed by atoms with Gasteiger partial charge in [-0.1, -0.05) is 6.07 Å². The zero-order valence-corrected chi connectivity index (χ0v) is 13.3. The quantitative estimate of drug-likeness (QED) is 0.543. The first-order valence-corrected chi connectivity index (χ1v) is 7.77. The van der Waals surface area contributed by atoms with Crippen LogP contribution in [0.4, 0.5) is 0 Å². The average molecular weight is 320 g/mol. The summed E-state index contributed by atoms with van der Waals surface area (Å²) >= 11 is 0. The maximum absolute atomic E-state index is 10.1. The molecule has 0 fully saturated rings. The summed E-state index contributed by atoms with van der Waals surface area (Å²) in [6, 6.07) is 11.7. The monoisotopic (exact) mass is 320 g/mol. The molecule has 1 radical (unpaired) electrons. The van der Waals surface area contributed by atoms with Crippen molar-refractivity contribution in [1.29, 1.82) is 0 Å². The summed E-state index contributed by atoms with van der Waals surface area (Å²) in [5, 5.41) is 21.7. The van der Waals surface area contributed by atoms with Crippen molar-refractivity contribution in [3.8, 4) is 11.3 Å². The molecule has 5 nitrogen and oxygen atoms in total. The molecule has 121 valence electrons. The van der Waals surface area contributed by atoms with Crippen molar-refractivity contribution in [2.75, 3.05) is 0 Å². The largest absolute Gasteiger partial charge is 0.390 e. The Balaban J connectivity index is 1.92. The van der Waals surface area contributed by atoms with Gasteiger partial charge in [-0.2, -0.15) is 0 Å². The van der Waals surface area contributed by atoms with Crippen molar-refractivity contribution >= 4 is 21.9 Å². The number of hydrogen-bond acceptors (Lipinski definition) is 3. The van der Waals surface area contributed by atoms with Gasteiger partial charge in [0.05, 0.1) is 6.10 Å². The number of benzene rings is 1. The third-order valence-corrected chi connectivity index (χ3v) is 4.40. The molecule has 0 saturated heterocycles. The Hall–Kier alpha value is -2.63. The van der Waals surface area contributed by atoms with Crippen molar-refractivity contribution in [1.82, 2.24) is 14.5 Å². The lowest BCUT2D eigenvalue weighted by molar-refractivity contribution is 0.0466. The number of aliphatic hydroxyl groups excluding tert-OH is 2. The van der Waals surface area contributed by atoms with Gasteiger partial charge in [0.15, 0.2) is 0 Å². The van der Waals surface area contributed by atoms with Crippen LogP contribution in [-0.4, -0.2) is 30.9 Å². The molecule has 0 aliphatic heterocycles. The van der Waals surface area contributed by atoms with E-state index in [9.17, 15) is 10.2 Å². The highest BCUT2D eigenvalue weighted by Crippen LogP contribution is 2.33. The molecular weight excluding hydrogens is 302 g/mol. The highest BCUT2D eigenvalue weighted by Gasteiger charge is 2.17. The van der Waals surface area contributed by atoms with Crippen molar-refractivity contribution in [2.24, 2.45) is 7.05 Å². The number of rotatable bonds is 3. The van der Waals surface area contributed by atoms with Crippen LogP contribution in [0.5, 0.6) is 0 Å². The smallest absolute Gasteiger partial charge is 0.137 e. The highest BCUT2D eigenvalue weighted by molar-refractivity contribution is 5.98. The van der Waals surface area contributed by atoms with Crippen LogP contribution >= 0.6 is 0 Å². The van der Waals surface area contributed by atoms with Gasteiger partial charge >= 0.3 is 0 Å². The van der Waals surface area contributed by atoms with E-state index in [4.69, 9.17) is 0 Å². The van der Waals surface area contributed by atoms with Crippen LogP contribution in [0.1, 0.15) is 11.7 Å². The minimum atomic E-state index is -1.06. The van der Waals surface area contributed by atoms with E-state index in [2.05, 4.69) is 23.0 Å². The van der Waals surface area contributed by atoms with Gasteiger partial charge in [0.25, 0.3) is 0 Å². The van der Waals surface area contributed by atoms with Crippen molar-refractivity contribution in [2.45, 2.75) is 12.2 Å². The van der Waals surface area contributed by atoms with Gasteiger partial charge in [-0.25, -0.2) is 4.98 Å². The molecule has 3 N–H and O–H groups in total. The summed E-state index contributed by atoms with van der Waals surface area (Å²) in [7, 11) is 1.99. The van der Waals surface area contributed by atoms with Crippen LogP contribution < -0.4 is 0 Å². The molecule has 0 bridgehead atoms. The molecule has 5 heteroatoms. The molecule has 0 amide bonds. The Morgan fingerprint density at radius 1 is 1.21 bits per heavy atom. The standard InChI is InChI=1S/C19H18N3O2/c1-11(23)18(24)12-5-6-17-14(8-12)15(10-22(17)2)16-9-13-4-3-7-20-19(13)21-16/h3-11,18,23-24H,1H2,2H3,(H,20,21). The zero-order valence-electron chi connectivity index (χ0n) is 13.3. The van der Waals surface area contributed by atoms with Gasteiger partial charge in [-0.15, -0.1) is 0 Å². The lowest BCUT2D eigenvalue weighted by Crippen LogP contribution is -2.13. The lowest BCUT2D eigenvalue weighted by Gasteiger charge is -2.14. The van der Waals surface area contributed by atoms with Gasteiger partial charge in [0.1, 0.15) is 11.8 Å². The number of aromatic amines is 1. The fraction of sp³-hybridized carbons (Fsp3) is 0.158. The normalized spacial score (nSPS) is 14.3. The zero-order chi connectivity index (χ0) is 16.8. The Kier molecular flexibility index (Phi) is 3.40. The molecule has 0 saturated carbocycles. The Labute approximate surface area is 139 Å². The molecule has 4 aromatic rings. The van der Waals surface area contributed by atoms with Crippen molar-refractivity contribution in [3.05, 3.63) is 61.3 Å². The molecule has 0 spiro atoms. The number of aryl methyl sites for hydroxylation is 1. The predicted octanol–water partition coefficient (Wildman–Crippen LogP) is 2.95. The number of nitrogens with one attached hydrogen (secondary N) is 1. The average Bonchev–Trinajstić information content (AvgIpc) is 3.15.